The summed E-state index contributed by atoms with van der Waals surface area (Å²) in [5, 5.41) is 0. The maximum atomic E-state index is 10.9. The smallest absolute Gasteiger partial charge is 0.284 e. The number of imidazole rings is 1. The molecule has 0 unspecified atom stereocenters. The summed E-state index contributed by atoms with van der Waals surface area (Å²) < 4.78 is 7.25. The maximum Gasteiger partial charge on any atom is 0.284 e. The Morgan fingerprint density at radius 3 is 3.05 bits per heavy atom. The van der Waals surface area contributed by atoms with Gasteiger partial charge in [0.05, 0.1) is 12.5 Å². The third kappa shape index (κ3) is 2.17. The highest BCUT2D eigenvalue weighted by Crippen LogP contribution is 2.12. The first-order valence-electron chi connectivity index (χ1n) is 5.73. The van der Waals surface area contributed by atoms with E-state index in [9.17, 15) is 4.79 Å². The van der Waals surface area contributed by atoms with Crippen molar-refractivity contribution in [2.24, 2.45) is 5.73 Å². The van der Waals surface area contributed by atoms with E-state index in [2.05, 4.69) is 15.0 Å². The van der Waals surface area contributed by atoms with Crippen LogP contribution in [0.4, 0.5) is 0 Å². The second-order valence-electron chi connectivity index (χ2n) is 4.05. The summed E-state index contributed by atoms with van der Waals surface area (Å²) in [4.78, 5) is 23.1. The first kappa shape index (κ1) is 11.4. The minimum Gasteiger partial charge on any atom is -0.456 e. The van der Waals surface area contributed by atoms with Crippen LogP contribution in [0.5, 0.6) is 0 Å². The normalized spacial score (nSPS) is 10.9. The van der Waals surface area contributed by atoms with Crippen LogP contribution in [0, 0.1) is 0 Å². The summed E-state index contributed by atoms with van der Waals surface area (Å²) >= 11 is 0. The second kappa shape index (κ2) is 4.52. The minimum absolute atomic E-state index is 0.175. The summed E-state index contributed by atoms with van der Waals surface area (Å²) in [6, 6.07) is 3.32. The number of amides is 1. The van der Waals surface area contributed by atoms with Gasteiger partial charge in [0.2, 0.25) is 0 Å². The monoisotopic (exact) mass is 257 g/mol. The fourth-order valence-corrected chi connectivity index (χ4v) is 1.86. The molecule has 0 aliphatic carbocycles. The van der Waals surface area contributed by atoms with E-state index in [1.54, 1.807) is 24.7 Å². The molecule has 0 spiro atoms. The SMILES string of the molecule is NC(=O)c1ccc(CCn2cnc3ncncc32)o1. The molecule has 96 valence electrons. The quantitative estimate of drug-likeness (QED) is 0.743. The van der Waals surface area contributed by atoms with E-state index in [0.717, 1.165) is 5.52 Å². The van der Waals surface area contributed by atoms with Crippen LogP contribution in [0.15, 0.2) is 35.4 Å². The molecule has 1 amide bonds. The van der Waals surface area contributed by atoms with Gasteiger partial charge in [-0.1, -0.05) is 0 Å². The van der Waals surface area contributed by atoms with Crippen molar-refractivity contribution in [3.63, 3.8) is 0 Å². The summed E-state index contributed by atoms with van der Waals surface area (Å²) in [7, 11) is 0. The van der Waals surface area contributed by atoms with Gasteiger partial charge in [0, 0.05) is 13.0 Å². The van der Waals surface area contributed by atoms with Crippen LogP contribution in [0.1, 0.15) is 16.3 Å². The molecule has 0 aromatic carbocycles. The topological polar surface area (TPSA) is 99.8 Å². The van der Waals surface area contributed by atoms with Gasteiger partial charge in [0.1, 0.15) is 17.6 Å². The molecule has 19 heavy (non-hydrogen) atoms. The highest BCUT2D eigenvalue weighted by Gasteiger charge is 2.08. The van der Waals surface area contributed by atoms with Crippen LogP contribution in [-0.4, -0.2) is 25.4 Å². The summed E-state index contributed by atoms with van der Waals surface area (Å²) in [5.74, 6) is 0.314. The number of carbonyl (C=O) groups is 1. The molecule has 3 rings (SSSR count). The van der Waals surface area contributed by atoms with E-state index >= 15 is 0 Å². The van der Waals surface area contributed by atoms with Crippen molar-refractivity contribution < 1.29 is 9.21 Å². The molecular weight excluding hydrogens is 246 g/mol. The molecule has 0 aliphatic rings. The number of primary amides is 1. The molecule has 7 nitrogen and oxygen atoms in total. The molecule has 0 saturated heterocycles. The highest BCUT2D eigenvalue weighted by molar-refractivity contribution is 5.89. The van der Waals surface area contributed by atoms with Crippen LogP contribution in [0.2, 0.25) is 0 Å². The number of aryl methyl sites for hydroxylation is 2. The van der Waals surface area contributed by atoms with Crippen molar-refractivity contribution >= 4 is 17.1 Å². The van der Waals surface area contributed by atoms with Crippen molar-refractivity contribution in [1.29, 1.82) is 0 Å². The number of fused-ring (bicyclic) bond motifs is 1. The molecule has 3 heterocycles. The van der Waals surface area contributed by atoms with Gasteiger partial charge in [0.15, 0.2) is 11.4 Å². The Labute approximate surface area is 108 Å². The molecule has 0 saturated carbocycles. The van der Waals surface area contributed by atoms with E-state index in [-0.39, 0.29) is 5.76 Å². The predicted octanol–water partition coefficient (Wildman–Crippen LogP) is 0.761. The maximum absolute atomic E-state index is 10.9. The van der Waals surface area contributed by atoms with Crippen molar-refractivity contribution in [3.8, 4) is 0 Å². The Morgan fingerprint density at radius 2 is 2.26 bits per heavy atom. The van der Waals surface area contributed by atoms with E-state index in [0.29, 0.717) is 24.4 Å². The number of rotatable bonds is 4. The van der Waals surface area contributed by atoms with Crippen molar-refractivity contribution in [2.75, 3.05) is 0 Å². The molecule has 7 heteroatoms. The molecule has 0 bridgehead atoms. The Balaban J connectivity index is 1.76. The van der Waals surface area contributed by atoms with Gasteiger partial charge in [-0.25, -0.2) is 15.0 Å². The second-order valence-corrected chi connectivity index (χ2v) is 4.05. The predicted molar refractivity (Wildman–Crippen MR) is 66.3 cm³/mol. The molecule has 0 aliphatic heterocycles. The first-order chi connectivity index (χ1) is 9.24. The number of furan rings is 1. The lowest BCUT2D eigenvalue weighted by atomic mass is 10.3. The van der Waals surface area contributed by atoms with Gasteiger partial charge in [-0.3, -0.25) is 4.79 Å². The molecule has 0 atom stereocenters. The fraction of sp³-hybridized carbons (Fsp3) is 0.167. The van der Waals surface area contributed by atoms with Crippen LogP contribution in [0.3, 0.4) is 0 Å². The van der Waals surface area contributed by atoms with Gasteiger partial charge in [0.25, 0.3) is 5.91 Å². The third-order valence-electron chi connectivity index (χ3n) is 2.81. The zero-order chi connectivity index (χ0) is 13.2. The fourth-order valence-electron chi connectivity index (χ4n) is 1.86. The zero-order valence-electron chi connectivity index (χ0n) is 9.98. The van der Waals surface area contributed by atoms with Crippen LogP contribution >= 0.6 is 0 Å². The molecule has 3 aromatic heterocycles. The third-order valence-corrected chi connectivity index (χ3v) is 2.81. The van der Waals surface area contributed by atoms with Crippen molar-refractivity contribution in [2.45, 2.75) is 13.0 Å². The number of nitrogens with two attached hydrogens (primary N) is 1. The van der Waals surface area contributed by atoms with Crippen LogP contribution in [0.25, 0.3) is 11.2 Å². The summed E-state index contributed by atoms with van der Waals surface area (Å²) in [5.41, 5.74) is 6.65. The highest BCUT2D eigenvalue weighted by atomic mass is 16.3. The minimum atomic E-state index is -0.562. The summed E-state index contributed by atoms with van der Waals surface area (Å²) in [6.45, 7) is 0.662. The van der Waals surface area contributed by atoms with Gasteiger partial charge < -0.3 is 14.7 Å². The number of nitrogens with zero attached hydrogens (tertiary/aromatic N) is 4. The van der Waals surface area contributed by atoms with E-state index < -0.39 is 5.91 Å². The summed E-state index contributed by atoms with van der Waals surface area (Å²) in [6.07, 6.45) is 5.52. The van der Waals surface area contributed by atoms with Crippen molar-refractivity contribution in [3.05, 3.63) is 42.5 Å². The number of hydrogen-bond acceptors (Lipinski definition) is 5. The van der Waals surface area contributed by atoms with E-state index in [4.69, 9.17) is 10.2 Å². The first-order valence-corrected chi connectivity index (χ1v) is 5.73. The van der Waals surface area contributed by atoms with Gasteiger partial charge >= 0.3 is 0 Å². The lowest BCUT2D eigenvalue weighted by Crippen LogP contribution is -2.09. The van der Waals surface area contributed by atoms with Gasteiger partial charge in [-0.15, -0.1) is 0 Å². The largest absolute Gasteiger partial charge is 0.456 e. The average molecular weight is 257 g/mol. The average Bonchev–Trinajstić information content (AvgIpc) is 3.03. The molecular formula is C12H11N5O2. The lowest BCUT2D eigenvalue weighted by Gasteiger charge is -2.01. The Kier molecular flexibility index (Phi) is 2.71. The lowest BCUT2D eigenvalue weighted by molar-refractivity contribution is 0.0972. The van der Waals surface area contributed by atoms with Gasteiger partial charge in [-0.05, 0) is 12.1 Å². The number of hydrogen-bond donors (Lipinski definition) is 1. The van der Waals surface area contributed by atoms with Gasteiger partial charge in [-0.2, -0.15) is 0 Å². The van der Waals surface area contributed by atoms with E-state index in [1.165, 1.54) is 6.33 Å². The molecule has 0 radical (unpaired) electrons. The molecule has 0 fully saturated rings. The number of aromatic nitrogens is 4. The van der Waals surface area contributed by atoms with E-state index in [1.807, 2.05) is 4.57 Å². The number of carbonyl (C=O) groups excluding carboxylic acids is 1. The Hall–Kier alpha value is -2.70. The standard InChI is InChI=1S/C12H11N5O2/c13-11(18)10-2-1-8(19-10)3-4-17-7-16-12-9(17)5-14-6-15-12/h1-2,5-7H,3-4H2,(H2,13,18). The molecule has 3 aromatic rings. The Morgan fingerprint density at radius 1 is 1.37 bits per heavy atom. The molecule has 2 N–H and O–H groups in total. The zero-order valence-corrected chi connectivity index (χ0v) is 9.98. The van der Waals surface area contributed by atoms with Crippen molar-refractivity contribution in [1.82, 2.24) is 19.5 Å². The van der Waals surface area contributed by atoms with Crippen LogP contribution in [-0.2, 0) is 13.0 Å². The van der Waals surface area contributed by atoms with Crippen LogP contribution < -0.4 is 5.73 Å². The Bertz CT molecular complexity index is 730.